The first-order valence-electron chi connectivity index (χ1n) is 11.3. The van der Waals surface area contributed by atoms with Gasteiger partial charge in [-0.15, -0.1) is 0 Å². The van der Waals surface area contributed by atoms with Gasteiger partial charge in [-0.25, -0.2) is 4.98 Å². The lowest BCUT2D eigenvalue weighted by Gasteiger charge is -2.33. The highest BCUT2D eigenvalue weighted by Crippen LogP contribution is 2.35. The van der Waals surface area contributed by atoms with Crippen LogP contribution in [0.25, 0.3) is 11.0 Å². The number of hydrogen-bond acceptors (Lipinski definition) is 3. The fourth-order valence-corrected chi connectivity index (χ4v) is 5.31. The third-order valence-corrected chi connectivity index (χ3v) is 7.73. The molecule has 34 heavy (non-hydrogen) atoms. The molecule has 2 heterocycles. The Morgan fingerprint density at radius 1 is 1.18 bits per heavy atom. The van der Waals surface area contributed by atoms with Crippen LogP contribution in [0.1, 0.15) is 47.8 Å². The van der Waals surface area contributed by atoms with E-state index in [0.29, 0.717) is 56.9 Å². The number of imidazole rings is 1. The predicted octanol–water partition coefficient (Wildman–Crippen LogP) is 6.39. The molecule has 0 aliphatic carbocycles. The summed E-state index contributed by atoms with van der Waals surface area (Å²) in [5.74, 6) is 0.919. The van der Waals surface area contributed by atoms with Gasteiger partial charge in [0.05, 0.1) is 27.7 Å². The largest absolute Gasteiger partial charge is 0.416 e. The number of halogens is 5. The van der Waals surface area contributed by atoms with Crippen LogP contribution in [-0.2, 0) is 26.2 Å². The molecule has 9 heteroatoms. The lowest BCUT2D eigenvalue weighted by atomic mass is 9.92. The zero-order valence-electron chi connectivity index (χ0n) is 19.4. The molecular weight excluding hydrogens is 486 g/mol. The first-order chi connectivity index (χ1) is 16.0. The van der Waals surface area contributed by atoms with Gasteiger partial charge in [0.1, 0.15) is 5.82 Å². The number of aliphatic hydroxyl groups excluding tert-OH is 1. The monoisotopic (exact) mass is 513 g/mol. The molecule has 2 aromatic carbocycles. The van der Waals surface area contributed by atoms with E-state index in [1.54, 1.807) is 18.5 Å². The Labute approximate surface area is 207 Å². The van der Waals surface area contributed by atoms with E-state index in [9.17, 15) is 18.3 Å². The number of likely N-dealkylation sites (tertiary alicyclic amines) is 1. The highest BCUT2D eigenvalue weighted by Gasteiger charge is 2.32. The summed E-state index contributed by atoms with van der Waals surface area (Å²) in [4.78, 5) is 6.94. The summed E-state index contributed by atoms with van der Waals surface area (Å²) in [6.45, 7) is 5.92. The molecule has 1 saturated heterocycles. The van der Waals surface area contributed by atoms with Crippen molar-refractivity contribution < 1.29 is 18.3 Å². The molecule has 1 unspecified atom stereocenters. The van der Waals surface area contributed by atoms with E-state index in [4.69, 9.17) is 23.2 Å². The Kier molecular flexibility index (Phi) is 7.21. The molecule has 0 saturated carbocycles. The van der Waals surface area contributed by atoms with Gasteiger partial charge in [-0.05, 0) is 80.6 Å². The topological polar surface area (TPSA) is 41.3 Å². The van der Waals surface area contributed by atoms with Gasteiger partial charge in [0.25, 0.3) is 0 Å². The second-order valence-electron chi connectivity index (χ2n) is 9.28. The quantitative estimate of drug-likeness (QED) is 0.429. The summed E-state index contributed by atoms with van der Waals surface area (Å²) in [6, 6.07) is 6.00. The van der Waals surface area contributed by atoms with E-state index in [1.807, 2.05) is 19.1 Å². The number of nitrogens with zero attached hydrogens (tertiary/aromatic N) is 3. The molecule has 1 aliphatic rings. The maximum Gasteiger partial charge on any atom is 0.416 e. The van der Waals surface area contributed by atoms with Gasteiger partial charge in [0.15, 0.2) is 0 Å². The summed E-state index contributed by atoms with van der Waals surface area (Å²) in [7, 11) is 1.71. The molecule has 0 amide bonds. The fourth-order valence-electron chi connectivity index (χ4n) is 4.75. The van der Waals surface area contributed by atoms with Crippen molar-refractivity contribution in [1.29, 1.82) is 0 Å². The minimum Gasteiger partial charge on any atom is -0.393 e. The molecule has 1 aliphatic heterocycles. The first kappa shape index (κ1) is 25.3. The summed E-state index contributed by atoms with van der Waals surface area (Å²) in [6.07, 6.45) is -2.53. The van der Waals surface area contributed by atoms with E-state index < -0.39 is 11.7 Å². The van der Waals surface area contributed by atoms with Crippen LogP contribution in [0.4, 0.5) is 13.2 Å². The second-order valence-corrected chi connectivity index (χ2v) is 10.1. The molecule has 1 aromatic heterocycles. The first-order valence-corrected chi connectivity index (χ1v) is 12.1. The Balaban J connectivity index is 1.61. The van der Waals surface area contributed by atoms with Crippen molar-refractivity contribution in [3.8, 4) is 0 Å². The van der Waals surface area contributed by atoms with Gasteiger partial charge in [-0.2, -0.15) is 13.2 Å². The maximum absolute atomic E-state index is 13.3. The molecular formula is C25H28Cl2F3N3O. The van der Waals surface area contributed by atoms with Crippen LogP contribution in [0.3, 0.4) is 0 Å². The predicted molar refractivity (Wildman–Crippen MR) is 129 cm³/mol. The van der Waals surface area contributed by atoms with Gasteiger partial charge >= 0.3 is 6.18 Å². The summed E-state index contributed by atoms with van der Waals surface area (Å²) in [5, 5.41) is 10.9. The standard InChI is InChI=1S/C25H28Cl2F3N3O/c1-14-10-18(25(28,29)30)11-21-24(14)31-22(32(21)3)12-19-20(26)5-4-17(23(19)27)13-33-8-6-16(7-9-33)15(2)34/h4-5,10-11,15-16,34H,6-9,12-13H2,1-3H3. The SMILES string of the molecule is Cc1cc(C(F)(F)F)cc2c1nc(Cc1c(Cl)ccc(CN3CCC(C(C)O)CC3)c1Cl)n2C. The molecule has 1 fully saturated rings. The Bertz CT molecular complexity index is 1200. The summed E-state index contributed by atoms with van der Waals surface area (Å²) >= 11 is 13.3. The van der Waals surface area contributed by atoms with Crippen LogP contribution < -0.4 is 0 Å². The van der Waals surface area contributed by atoms with Crippen LogP contribution in [0.5, 0.6) is 0 Å². The molecule has 1 atom stereocenters. The van der Waals surface area contributed by atoms with E-state index in [-0.39, 0.29) is 6.10 Å². The molecule has 4 rings (SSSR count). The molecule has 3 aromatic rings. The molecule has 0 bridgehead atoms. The number of rotatable bonds is 5. The zero-order chi connectivity index (χ0) is 24.8. The third kappa shape index (κ3) is 5.08. The average Bonchev–Trinajstić information content (AvgIpc) is 3.09. The number of aliphatic hydroxyl groups is 1. The molecule has 0 spiro atoms. The fraction of sp³-hybridized carbons (Fsp3) is 0.480. The van der Waals surface area contributed by atoms with Gasteiger partial charge in [-0.3, -0.25) is 4.90 Å². The van der Waals surface area contributed by atoms with Crippen molar-refractivity contribution in [3.05, 3.63) is 62.4 Å². The lowest BCUT2D eigenvalue weighted by molar-refractivity contribution is -0.137. The van der Waals surface area contributed by atoms with Crippen molar-refractivity contribution in [2.24, 2.45) is 13.0 Å². The van der Waals surface area contributed by atoms with E-state index in [0.717, 1.165) is 43.6 Å². The molecule has 4 nitrogen and oxygen atoms in total. The number of fused-ring (bicyclic) bond motifs is 1. The molecule has 1 N–H and O–H groups in total. The third-order valence-electron chi connectivity index (χ3n) is 6.91. The van der Waals surface area contributed by atoms with Crippen molar-refractivity contribution in [2.45, 2.75) is 51.9 Å². The smallest absolute Gasteiger partial charge is 0.393 e. The van der Waals surface area contributed by atoms with Crippen LogP contribution in [0, 0.1) is 12.8 Å². The van der Waals surface area contributed by atoms with Crippen molar-refractivity contribution in [2.75, 3.05) is 13.1 Å². The van der Waals surface area contributed by atoms with Crippen molar-refractivity contribution >= 4 is 34.2 Å². The van der Waals surface area contributed by atoms with Gasteiger partial charge in [0.2, 0.25) is 0 Å². The van der Waals surface area contributed by atoms with E-state index >= 15 is 0 Å². The second kappa shape index (κ2) is 9.69. The van der Waals surface area contributed by atoms with Crippen molar-refractivity contribution in [3.63, 3.8) is 0 Å². The van der Waals surface area contributed by atoms with Gasteiger partial charge < -0.3 is 9.67 Å². The van der Waals surface area contributed by atoms with Crippen molar-refractivity contribution in [1.82, 2.24) is 14.5 Å². The lowest BCUT2D eigenvalue weighted by Crippen LogP contribution is -2.36. The normalized spacial score (nSPS) is 17.0. The Hall–Kier alpha value is -1.80. The van der Waals surface area contributed by atoms with Crippen LogP contribution in [-0.4, -0.2) is 38.8 Å². The number of benzene rings is 2. The number of hydrogen-bond donors (Lipinski definition) is 1. The Morgan fingerprint density at radius 2 is 1.85 bits per heavy atom. The van der Waals surface area contributed by atoms with Crippen LogP contribution in [0.2, 0.25) is 10.0 Å². The minimum absolute atomic E-state index is 0.294. The Morgan fingerprint density at radius 3 is 2.47 bits per heavy atom. The zero-order valence-corrected chi connectivity index (χ0v) is 20.9. The van der Waals surface area contributed by atoms with E-state index in [1.165, 1.54) is 0 Å². The van der Waals surface area contributed by atoms with Crippen LogP contribution in [0.15, 0.2) is 24.3 Å². The average molecular weight is 514 g/mol. The number of alkyl halides is 3. The molecule has 0 radical (unpaired) electrons. The molecule has 184 valence electrons. The van der Waals surface area contributed by atoms with Crippen LogP contribution >= 0.6 is 23.2 Å². The highest BCUT2D eigenvalue weighted by molar-refractivity contribution is 6.36. The number of aryl methyl sites for hydroxylation is 2. The number of piperidine rings is 1. The summed E-state index contributed by atoms with van der Waals surface area (Å²) < 4.78 is 41.6. The summed E-state index contributed by atoms with van der Waals surface area (Å²) in [5.41, 5.74) is 2.40. The maximum atomic E-state index is 13.3. The van der Waals surface area contributed by atoms with E-state index in [2.05, 4.69) is 9.88 Å². The minimum atomic E-state index is -4.42. The number of aromatic nitrogens is 2. The highest BCUT2D eigenvalue weighted by atomic mass is 35.5. The van der Waals surface area contributed by atoms with Gasteiger partial charge in [-0.1, -0.05) is 29.3 Å². The van der Waals surface area contributed by atoms with Gasteiger partial charge in [0, 0.05) is 25.0 Å².